The van der Waals surface area contributed by atoms with E-state index in [1.807, 2.05) is 19.1 Å². The van der Waals surface area contributed by atoms with Gasteiger partial charge in [-0.2, -0.15) is 0 Å². The molecule has 2 aromatic rings. The van der Waals surface area contributed by atoms with Crippen LogP contribution in [0.3, 0.4) is 0 Å². The van der Waals surface area contributed by atoms with Crippen LogP contribution in [0.15, 0.2) is 28.0 Å². The Morgan fingerprint density at radius 1 is 1.28 bits per heavy atom. The van der Waals surface area contributed by atoms with Crippen LogP contribution in [0.25, 0.3) is 11.7 Å². The lowest BCUT2D eigenvalue weighted by Gasteiger charge is -2.20. The molecule has 2 aliphatic rings. The molecule has 2 fully saturated rings. The van der Waals surface area contributed by atoms with Gasteiger partial charge in [-0.15, -0.1) is 0 Å². The van der Waals surface area contributed by atoms with E-state index in [0.717, 1.165) is 31.5 Å². The summed E-state index contributed by atoms with van der Waals surface area (Å²) in [5.74, 6) is 0.846. The lowest BCUT2D eigenvalue weighted by Crippen LogP contribution is -2.31. The summed E-state index contributed by atoms with van der Waals surface area (Å²) in [4.78, 5) is 35.4. The molecule has 4 heterocycles. The highest BCUT2D eigenvalue weighted by Crippen LogP contribution is 2.34. The van der Waals surface area contributed by atoms with Crippen molar-refractivity contribution in [2.45, 2.75) is 33.6 Å². The molecular weight excluding hydrogens is 404 g/mol. The lowest BCUT2D eigenvalue weighted by atomic mass is 10.2. The fraction of sp³-hybridized carbons (Fsp3) is 0.429. The normalized spacial score (nSPS) is 18.8. The standard InChI is InChI=1S/C21H24N4O2S2/c1-13(2)12-25-20(27)16(29-21(25)28)11-15-18(23-8-4-5-9-23)22-17-14(3)7-6-10-24(17)19(15)26/h6-7,10-11,13H,4-5,8-9,12H2,1-3H3. The summed E-state index contributed by atoms with van der Waals surface area (Å²) in [6.07, 6.45) is 5.57. The first-order chi connectivity index (χ1) is 13.9. The van der Waals surface area contributed by atoms with Crippen molar-refractivity contribution < 1.29 is 4.79 Å². The van der Waals surface area contributed by atoms with Crippen molar-refractivity contribution in [3.8, 4) is 0 Å². The van der Waals surface area contributed by atoms with E-state index in [0.29, 0.717) is 38.7 Å². The van der Waals surface area contributed by atoms with Gasteiger partial charge in [-0.1, -0.05) is 43.9 Å². The summed E-state index contributed by atoms with van der Waals surface area (Å²) >= 11 is 6.68. The Labute approximate surface area is 179 Å². The molecule has 1 amide bonds. The van der Waals surface area contributed by atoms with Gasteiger partial charge in [-0.25, -0.2) is 4.98 Å². The van der Waals surface area contributed by atoms with E-state index in [2.05, 4.69) is 18.7 Å². The smallest absolute Gasteiger partial charge is 0.267 e. The van der Waals surface area contributed by atoms with Crippen LogP contribution in [0.1, 0.15) is 37.8 Å². The number of carbonyl (C=O) groups is 1. The number of aromatic nitrogens is 2. The van der Waals surface area contributed by atoms with E-state index in [1.54, 1.807) is 21.6 Å². The molecule has 2 saturated heterocycles. The van der Waals surface area contributed by atoms with Crippen LogP contribution in [0.5, 0.6) is 0 Å². The second kappa shape index (κ2) is 7.91. The van der Waals surface area contributed by atoms with E-state index in [4.69, 9.17) is 17.2 Å². The number of hydrogen-bond donors (Lipinski definition) is 0. The third-order valence-corrected chi connectivity index (χ3v) is 6.54. The summed E-state index contributed by atoms with van der Waals surface area (Å²) in [5.41, 5.74) is 1.90. The van der Waals surface area contributed by atoms with Gasteiger partial charge in [0.25, 0.3) is 11.5 Å². The van der Waals surface area contributed by atoms with E-state index in [-0.39, 0.29) is 11.5 Å². The number of rotatable bonds is 4. The van der Waals surface area contributed by atoms with E-state index < -0.39 is 0 Å². The van der Waals surface area contributed by atoms with E-state index in [1.165, 1.54) is 11.8 Å². The number of aryl methyl sites for hydroxylation is 1. The first kappa shape index (κ1) is 20.1. The lowest BCUT2D eigenvalue weighted by molar-refractivity contribution is -0.122. The Kier molecular flexibility index (Phi) is 5.48. The first-order valence-electron chi connectivity index (χ1n) is 9.89. The number of hydrogen-bond acceptors (Lipinski definition) is 6. The second-order valence-electron chi connectivity index (χ2n) is 7.92. The van der Waals surface area contributed by atoms with Gasteiger partial charge in [0.2, 0.25) is 0 Å². The largest absolute Gasteiger partial charge is 0.356 e. The molecular formula is C21H24N4O2S2. The Morgan fingerprint density at radius 3 is 2.69 bits per heavy atom. The van der Waals surface area contributed by atoms with Gasteiger partial charge in [-0.3, -0.25) is 18.9 Å². The number of thiocarbonyl (C=S) groups is 1. The topological polar surface area (TPSA) is 57.9 Å². The fourth-order valence-corrected chi connectivity index (χ4v) is 5.01. The number of anilines is 1. The minimum absolute atomic E-state index is 0.130. The molecule has 0 aromatic carbocycles. The molecule has 0 aliphatic carbocycles. The Morgan fingerprint density at radius 2 is 2.00 bits per heavy atom. The molecule has 8 heteroatoms. The van der Waals surface area contributed by atoms with Crippen LogP contribution in [0.2, 0.25) is 0 Å². The van der Waals surface area contributed by atoms with E-state index >= 15 is 0 Å². The number of carbonyl (C=O) groups excluding carboxylic acids is 1. The monoisotopic (exact) mass is 428 g/mol. The van der Waals surface area contributed by atoms with Crippen LogP contribution in [-0.4, -0.2) is 44.1 Å². The SMILES string of the molecule is Cc1cccn2c(=O)c(C=C3SC(=S)N(CC(C)C)C3=O)c(N3CCCC3)nc12. The molecule has 4 rings (SSSR count). The molecule has 0 bridgehead atoms. The van der Waals surface area contributed by atoms with Gasteiger partial charge >= 0.3 is 0 Å². The Hall–Kier alpha value is -2.19. The summed E-state index contributed by atoms with van der Waals surface area (Å²) in [5, 5.41) is 0. The number of fused-ring (bicyclic) bond motifs is 1. The highest BCUT2D eigenvalue weighted by molar-refractivity contribution is 8.26. The molecule has 2 aromatic heterocycles. The molecule has 0 unspecified atom stereocenters. The second-order valence-corrected chi connectivity index (χ2v) is 9.60. The van der Waals surface area contributed by atoms with Gasteiger partial charge < -0.3 is 4.90 Å². The molecule has 29 heavy (non-hydrogen) atoms. The maximum atomic E-state index is 13.4. The zero-order valence-corrected chi connectivity index (χ0v) is 18.5. The number of thioether (sulfide) groups is 1. The molecule has 0 spiro atoms. The highest BCUT2D eigenvalue weighted by Gasteiger charge is 2.33. The van der Waals surface area contributed by atoms with Crippen molar-refractivity contribution >= 4 is 51.7 Å². The van der Waals surface area contributed by atoms with Crippen LogP contribution in [0.4, 0.5) is 5.82 Å². The molecule has 0 atom stereocenters. The molecule has 152 valence electrons. The van der Waals surface area contributed by atoms with Gasteiger partial charge in [-0.05, 0) is 43.4 Å². The molecule has 0 radical (unpaired) electrons. The molecule has 2 aliphatic heterocycles. The zero-order chi connectivity index (χ0) is 20.7. The molecule has 0 N–H and O–H groups in total. The van der Waals surface area contributed by atoms with Crippen LogP contribution >= 0.6 is 24.0 Å². The van der Waals surface area contributed by atoms with Gasteiger partial charge in [0, 0.05) is 25.8 Å². The third kappa shape index (κ3) is 3.71. The third-order valence-electron chi connectivity index (χ3n) is 5.17. The average molecular weight is 429 g/mol. The molecule has 0 saturated carbocycles. The van der Waals surface area contributed by atoms with E-state index in [9.17, 15) is 9.59 Å². The Balaban J connectivity index is 1.87. The van der Waals surface area contributed by atoms with Crippen molar-refractivity contribution in [1.29, 1.82) is 0 Å². The quantitative estimate of drug-likeness (QED) is 0.549. The highest BCUT2D eigenvalue weighted by atomic mass is 32.2. The predicted molar refractivity (Wildman–Crippen MR) is 122 cm³/mol. The number of nitrogens with zero attached hydrogens (tertiary/aromatic N) is 4. The van der Waals surface area contributed by atoms with Crippen LogP contribution in [0, 0.1) is 12.8 Å². The number of amides is 1. The average Bonchev–Trinajstić information content (AvgIpc) is 3.29. The first-order valence-corrected chi connectivity index (χ1v) is 11.1. The summed E-state index contributed by atoms with van der Waals surface area (Å²) in [6.45, 7) is 8.36. The van der Waals surface area contributed by atoms with Crippen molar-refractivity contribution in [1.82, 2.24) is 14.3 Å². The van der Waals surface area contributed by atoms with Crippen molar-refractivity contribution in [3.05, 3.63) is 44.7 Å². The summed E-state index contributed by atoms with van der Waals surface area (Å²) < 4.78 is 2.11. The van der Waals surface area contributed by atoms with Crippen molar-refractivity contribution in [2.75, 3.05) is 24.5 Å². The fourth-order valence-electron chi connectivity index (χ4n) is 3.75. The minimum Gasteiger partial charge on any atom is -0.356 e. The van der Waals surface area contributed by atoms with Crippen molar-refractivity contribution in [3.63, 3.8) is 0 Å². The van der Waals surface area contributed by atoms with Crippen LogP contribution < -0.4 is 10.5 Å². The predicted octanol–water partition coefficient (Wildman–Crippen LogP) is 3.46. The van der Waals surface area contributed by atoms with Gasteiger partial charge in [0.15, 0.2) is 0 Å². The molecule has 6 nitrogen and oxygen atoms in total. The van der Waals surface area contributed by atoms with Gasteiger partial charge in [0.05, 0.1) is 10.5 Å². The maximum absolute atomic E-state index is 13.4. The zero-order valence-electron chi connectivity index (χ0n) is 16.8. The minimum atomic E-state index is -0.158. The van der Waals surface area contributed by atoms with Crippen molar-refractivity contribution in [2.24, 2.45) is 5.92 Å². The summed E-state index contributed by atoms with van der Waals surface area (Å²) in [6, 6.07) is 3.79. The van der Waals surface area contributed by atoms with Crippen LogP contribution in [-0.2, 0) is 4.79 Å². The maximum Gasteiger partial charge on any atom is 0.267 e. The van der Waals surface area contributed by atoms with Gasteiger partial charge in [0.1, 0.15) is 15.8 Å². The summed E-state index contributed by atoms with van der Waals surface area (Å²) in [7, 11) is 0. The Bertz CT molecular complexity index is 1080. The number of pyridine rings is 1.